The highest BCUT2D eigenvalue weighted by Crippen LogP contribution is 2.26. The van der Waals surface area contributed by atoms with Gasteiger partial charge in [-0.25, -0.2) is 0 Å². The van der Waals surface area contributed by atoms with Gasteiger partial charge in [0.2, 0.25) is 0 Å². The number of rotatable bonds is 4. The summed E-state index contributed by atoms with van der Waals surface area (Å²) in [5, 5.41) is 3.59. The first-order valence-corrected chi connectivity index (χ1v) is 7.88. The molecule has 1 aliphatic heterocycles. The first-order valence-electron chi connectivity index (χ1n) is 7.88. The molecule has 1 heterocycles. The molecule has 2 aromatic carbocycles. The van der Waals surface area contributed by atoms with E-state index in [0.29, 0.717) is 0 Å². The molecule has 21 heavy (non-hydrogen) atoms. The molecular weight excluding hydrogens is 256 g/mol. The largest absolute Gasteiger partial charge is 0.381 e. The second kappa shape index (κ2) is 6.21. The van der Waals surface area contributed by atoms with Crippen molar-refractivity contribution in [3.05, 3.63) is 59.2 Å². The topological polar surface area (TPSA) is 15.3 Å². The lowest BCUT2D eigenvalue weighted by Crippen LogP contribution is -2.20. The van der Waals surface area contributed by atoms with Gasteiger partial charge in [-0.2, -0.15) is 0 Å². The van der Waals surface area contributed by atoms with E-state index in [1.165, 1.54) is 54.0 Å². The molecule has 3 rings (SSSR count). The van der Waals surface area contributed by atoms with Gasteiger partial charge in [0.15, 0.2) is 0 Å². The van der Waals surface area contributed by atoms with Gasteiger partial charge in [0.05, 0.1) is 0 Å². The monoisotopic (exact) mass is 280 g/mol. The number of hydrogen-bond donors (Lipinski definition) is 1. The predicted molar refractivity (Wildman–Crippen MR) is 91.1 cm³/mol. The first-order chi connectivity index (χ1) is 10.2. The van der Waals surface area contributed by atoms with Crippen molar-refractivity contribution in [3.8, 4) is 0 Å². The Balaban J connectivity index is 1.75. The van der Waals surface area contributed by atoms with Gasteiger partial charge >= 0.3 is 0 Å². The van der Waals surface area contributed by atoms with E-state index in [1.807, 2.05) is 0 Å². The maximum absolute atomic E-state index is 3.59. The molecule has 0 bridgehead atoms. The third kappa shape index (κ3) is 3.21. The molecule has 0 radical (unpaired) electrons. The molecule has 0 atom stereocenters. The minimum atomic E-state index is 0.885. The first kappa shape index (κ1) is 14.0. The molecule has 2 aromatic rings. The summed E-state index contributed by atoms with van der Waals surface area (Å²) in [5.74, 6) is 0. The second-order valence-electron chi connectivity index (χ2n) is 5.99. The highest BCUT2D eigenvalue weighted by atomic mass is 15.1. The molecule has 2 heteroatoms. The number of benzene rings is 2. The molecule has 1 saturated heterocycles. The van der Waals surface area contributed by atoms with Gasteiger partial charge in [-0.05, 0) is 49.9 Å². The second-order valence-corrected chi connectivity index (χ2v) is 5.99. The number of hydrogen-bond acceptors (Lipinski definition) is 2. The van der Waals surface area contributed by atoms with Crippen LogP contribution in [0.1, 0.15) is 29.5 Å². The quantitative estimate of drug-likeness (QED) is 0.886. The van der Waals surface area contributed by atoms with Gasteiger partial charge in [0.1, 0.15) is 0 Å². The zero-order chi connectivity index (χ0) is 14.7. The van der Waals surface area contributed by atoms with E-state index in [0.717, 1.165) is 6.54 Å². The lowest BCUT2D eigenvalue weighted by molar-refractivity contribution is 0.949. The smallest absolute Gasteiger partial charge is 0.0421 e. The van der Waals surface area contributed by atoms with Gasteiger partial charge in [0.25, 0.3) is 0 Å². The van der Waals surface area contributed by atoms with Gasteiger partial charge in [-0.3, -0.25) is 0 Å². The van der Waals surface area contributed by atoms with Crippen LogP contribution in [0.5, 0.6) is 0 Å². The molecule has 0 aliphatic carbocycles. The molecule has 1 aliphatic rings. The Kier molecular flexibility index (Phi) is 4.14. The minimum absolute atomic E-state index is 0.885. The van der Waals surface area contributed by atoms with Crippen molar-refractivity contribution < 1.29 is 0 Å². The molecule has 0 spiro atoms. The van der Waals surface area contributed by atoms with E-state index in [1.54, 1.807) is 0 Å². The van der Waals surface area contributed by atoms with Crippen LogP contribution < -0.4 is 10.2 Å². The SMILES string of the molecule is Cc1ccc(NCc2ccccc2N2CCCC2)c(C)c1. The molecule has 0 unspecified atom stereocenters. The maximum Gasteiger partial charge on any atom is 0.0421 e. The highest BCUT2D eigenvalue weighted by molar-refractivity contribution is 5.57. The third-order valence-electron chi connectivity index (χ3n) is 4.29. The summed E-state index contributed by atoms with van der Waals surface area (Å²) in [4.78, 5) is 2.51. The summed E-state index contributed by atoms with van der Waals surface area (Å²) < 4.78 is 0. The fourth-order valence-electron chi connectivity index (χ4n) is 3.13. The number of nitrogens with one attached hydrogen (secondary N) is 1. The van der Waals surface area contributed by atoms with Crippen LogP contribution in [-0.2, 0) is 6.54 Å². The van der Waals surface area contributed by atoms with E-state index in [9.17, 15) is 0 Å². The summed E-state index contributed by atoms with van der Waals surface area (Å²) in [7, 11) is 0. The highest BCUT2D eigenvalue weighted by Gasteiger charge is 2.15. The fraction of sp³-hybridized carbons (Fsp3) is 0.368. The zero-order valence-electron chi connectivity index (χ0n) is 13.0. The van der Waals surface area contributed by atoms with E-state index in [2.05, 4.69) is 66.5 Å². The van der Waals surface area contributed by atoms with Crippen molar-refractivity contribution in [1.82, 2.24) is 0 Å². The normalized spacial score (nSPS) is 14.5. The molecule has 110 valence electrons. The van der Waals surface area contributed by atoms with Crippen LogP contribution in [0.2, 0.25) is 0 Å². The van der Waals surface area contributed by atoms with Crippen LogP contribution in [0.15, 0.2) is 42.5 Å². The molecule has 0 saturated carbocycles. The van der Waals surface area contributed by atoms with Crippen LogP contribution in [-0.4, -0.2) is 13.1 Å². The van der Waals surface area contributed by atoms with Crippen LogP contribution in [0, 0.1) is 13.8 Å². The molecule has 1 N–H and O–H groups in total. The lowest BCUT2D eigenvalue weighted by atomic mass is 10.1. The van der Waals surface area contributed by atoms with Gasteiger partial charge in [0, 0.05) is 31.0 Å². The number of para-hydroxylation sites is 1. The minimum Gasteiger partial charge on any atom is -0.381 e. The van der Waals surface area contributed by atoms with Crippen molar-refractivity contribution in [2.45, 2.75) is 33.2 Å². The standard InChI is InChI=1S/C19H24N2/c1-15-9-10-18(16(2)13-15)20-14-17-7-3-4-8-19(17)21-11-5-6-12-21/h3-4,7-10,13,20H,5-6,11-12,14H2,1-2H3. The average Bonchev–Trinajstić information content (AvgIpc) is 3.01. The number of nitrogens with zero attached hydrogens (tertiary/aromatic N) is 1. The fourth-order valence-corrected chi connectivity index (χ4v) is 3.13. The zero-order valence-corrected chi connectivity index (χ0v) is 13.0. The Morgan fingerprint density at radius 3 is 2.52 bits per heavy atom. The molecule has 0 amide bonds. The van der Waals surface area contributed by atoms with E-state index < -0.39 is 0 Å². The summed E-state index contributed by atoms with van der Waals surface area (Å²) >= 11 is 0. The summed E-state index contributed by atoms with van der Waals surface area (Å²) in [6, 6.07) is 15.4. The van der Waals surface area contributed by atoms with E-state index in [-0.39, 0.29) is 0 Å². The number of anilines is 2. The Labute approximate surface area is 127 Å². The summed E-state index contributed by atoms with van der Waals surface area (Å²) in [6.45, 7) is 7.58. The van der Waals surface area contributed by atoms with Crippen LogP contribution in [0.3, 0.4) is 0 Å². The number of aryl methyl sites for hydroxylation is 2. The molecule has 1 fully saturated rings. The lowest BCUT2D eigenvalue weighted by Gasteiger charge is -2.22. The summed E-state index contributed by atoms with van der Waals surface area (Å²) in [6.07, 6.45) is 2.64. The van der Waals surface area contributed by atoms with E-state index >= 15 is 0 Å². The Morgan fingerprint density at radius 2 is 1.76 bits per heavy atom. The van der Waals surface area contributed by atoms with Crippen molar-refractivity contribution in [2.75, 3.05) is 23.3 Å². The average molecular weight is 280 g/mol. The molecule has 0 aromatic heterocycles. The maximum atomic E-state index is 3.59. The van der Waals surface area contributed by atoms with E-state index in [4.69, 9.17) is 0 Å². The molecule has 2 nitrogen and oxygen atoms in total. The van der Waals surface area contributed by atoms with Crippen molar-refractivity contribution in [3.63, 3.8) is 0 Å². The Bertz CT molecular complexity index is 613. The van der Waals surface area contributed by atoms with Gasteiger partial charge < -0.3 is 10.2 Å². The van der Waals surface area contributed by atoms with Gasteiger partial charge in [-0.15, -0.1) is 0 Å². The van der Waals surface area contributed by atoms with Crippen molar-refractivity contribution >= 4 is 11.4 Å². The van der Waals surface area contributed by atoms with Crippen molar-refractivity contribution in [2.24, 2.45) is 0 Å². The molecular formula is C19H24N2. The van der Waals surface area contributed by atoms with Crippen molar-refractivity contribution in [1.29, 1.82) is 0 Å². The van der Waals surface area contributed by atoms with Gasteiger partial charge in [-0.1, -0.05) is 35.9 Å². The Morgan fingerprint density at radius 1 is 1.00 bits per heavy atom. The third-order valence-corrected chi connectivity index (χ3v) is 4.29. The Hall–Kier alpha value is -1.96. The van der Waals surface area contributed by atoms with Crippen LogP contribution in [0.25, 0.3) is 0 Å². The van der Waals surface area contributed by atoms with Crippen LogP contribution >= 0.6 is 0 Å². The van der Waals surface area contributed by atoms with Crippen LogP contribution in [0.4, 0.5) is 11.4 Å². The predicted octanol–water partition coefficient (Wildman–Crippen LogP) is 4.52. The summed E-state index contributed by atoms with van der Waals surface area (Å²) in [5.41, 5.74) is 6.65.